The van der Waals surface area contributed by atoms with Crippen molar-refractivity contribution in [2.75, 3.05) is 26.3 Å². The zero-order valence-corrected chi connectivity index (χ0v) is 11.9. The van der Waals surface area contributed by atoms with Crippen LogP contribution in [0.4, 0.5) is 4.39 Å². The van der Waals surface area contributed by atoms with Gasteiger partial charge in [-0.05, 0) is 63.2 Å². The molecule has 1 fully saturated rings. The van der Waals surface area contributed by atoms with Crippen molar-refractivity contribution in [1.82, 2.24) is 10.2 Å². The Hall–Kier alpha value is -1.26. The number of hydrogen-bond donors (Lipinski definition) is 1. The molecule has 4 heteroatoms. The number of halogens is 1. The van der Waals surface area contributed by atoms with E-state index in [1.165, 1.54) is 44.5 Å². The van der Waals surface area contributed by atoms with Crippen molar-refractivity contribution in [3.05, 3.63) is 35.6 Å². The fourth-order valence-corrected chi connectivity index (χ4v) is 2.51. The normalized spacial score (nSPS) is 16.2. The summed E-state index contributed by atoms with van der Waals surface area (Å²) < 4.78 is 12.8. The number of likely N-dealkylation sites (tertiary alicyclic amines) is 1. The smallest absolute Gasteiger partial charge is 0.162 e. The number of carbonyl (C=O) groups excluding carboxylic acids is 1. The summed E-state index contributed by atoms with van der Waals surface area (Å²) in [5.41, 5.74) is 0.599. The second kappa shape index (κ2) is 8.12. The molecule has 0 aliphatic carbocycles. The predicted molar refractivity (Wildman–Crippen MR) is 78.3 cm³/mol. The Morgan fingerprint density at radius 1 is 1.15 bits per heavy atom. The third-order valence-electron chi connectivity index (χ3n) is 3.71. The summed E-state index contributed by atoms with van der Waals surface area (Å²) in [6, 6.07) is 5.78. The topological polar surface area (TPSA) is 32.3 Å². The van der Waals surface area contributed by atoms with Crippen molar-refractivity contribution >= 4 is 5.78 Å². The second-order valence-corrected chi connectivity index (χ2v) is 5.37. The van der Waals surface area contributed by atoms with E-state index < -0.39 is 0 Å². The second-order valence-electron chi connectivity index (χ2n) is 5.37. The number of piperidine rings is 1. The molecule has 2 rings (SSSR count). The minimum atomic E-state index is -0.301. The number of ketones is 1. The number of Topliss-reactive ketones (excluding diaryl/α,β-unsaturated/α-hetero) is 1. The van der Waals surface area contributed by atoms with E-state index in [0.717, 1.165) is 19.6 Å². The lowest BCUT2D eigenvalue weighted by Gasteiger charge is -2.26. The summed E-state index contributed by atoms with van der Waals surface area (Å²) in [6.45, 7) is 4.14. The highest BCUT2D eigenvalue weighted by Crippen LogP contribution is 2.08. The van der Waals surface area contributed by atoms with Gasteiger partial charge in [-0.15, -0.1) is 0 Å². The Labute approximate surface area is 120 Å². The maximum absolute atomic E-state index is 12.8. The van der Waals surface area contributed by atoms with Crippen LogP contribution in [0.25, 0.3) is 0 Å². The highest BCUT2D eigenvalue weighted by molar-refractivity contribution is 5.95. The molecule has 0 unspecified atom stereocenters. The number of nitrogens with zero attached hydrogens (tertiary/aromatic N) is 1. The fourth-order valence-electron chi connectivity index (χ4n) is 2.51. The molecule has 1 aromatic rings. The monoisotopic (exact) mass is 278 g/mol. The first-order chi connectivity index (χ1) is 9.75. The van der Waals surface area contributed by atoms with Crippen molar-refractivity contribution < 1.29 is 9.18 Å². The van der Waals surface area contributed by atoms with E-state index in [4.69, 9.17) is 0 Å². The SMILES string of the molecule is O=C(CCCNCN1CCCCC1)c1ccc(F)cc1. The molecule has 1 aliphatic heterocycles. The fraction of sp³-hybridized carbons (Fsp3) is 0.562. The van der Waals surface area contributed by atoms with Gasteiger partial charge in [0.15, 0.2) is 5.78 Å². The molecule has 0 amide bonds. The van der Waals surface area contributed by atoms with Gasteiger partial charge in [-0.2, -0.15) is 0 Å². The summed E-state index contributed by atoms with van der Waals surface area (Å²) in [5.74, 6) is -0.213. The van der Waals surface area contributed by atoms with E-state index in [1.54, 1.807) is 12.1 Å². The van der Waals surface area contributed by atoms with E-state index >= 15 is 0 Å². The number of benzene rings is 1. The van der Waals surface area contributed by atoms with Gasteiger partial charge in [0.25, 0.3) is 0 Å². The Morgan fingerprint density at radius 3 is 2.55 bits per heavy atom. The average Bonchev–Trinajstić information content (AvgIpc) is 2.48. The van der Waals surface area contributed by atoms with Crippen LogP contribution in [0, 0.1) is 5.82 Å². The van der Waals surface area contributed by atoms with Gasteiger partial charge >= 0.3 is 0 Å². The summed E-state index contributed by atoms with van der Waals surface area (Å²) in [4.78, 5) is 14.3. The first-order valence-corrected chi connectivity index (χ1v) is 7.47. The molecular formula is C16H23FN2O. The van der Waals surface area contributed by atoms with Gasteiger partial charge in [-0.1, -0.05) is 6.42 Å². The standard InChI is InChI=1S/C16H23FN2O/c17-15-8-6-14(7-9-15)16(20)5-4-10-18-13-19-11-2-1-3-12-19/h6-9,18H,1-5,10-13H2. The Balaban J connectivity index is 1.58. The van der Waals surface area contributed by atoms with Gasteiger partial charge < -0.3 is 5.32 Å². The van der Waals surface area contributed by atoms with Gasteiger partial charge in [0.2, 0.25) is 0 Å². The molecule has 110 valence electrons. The average molecular weight is 278 g/mol. The van der Waals surface area contributed by atoms with Crippen LogP contribution in [0.3, 0.4) is 0 Å². The van der Waals surface area contributed by atoms with Crippen LogP contribution in [-0.4, -0.2) is 37.0 Å². The van der Waals surface area contributed by atoms with Crippen LogP contribution in [0.5, 0.6) is 0 Å². The highest BCUT2D eigenvalue weighted by Gasteiger charge is 2.09. The van der Waals surface area contributed by atoms with E-state index in [9.17, 15) is 9.18 Å². The number of hydrogen-bond acceptors (Lipinski definition) is 3. The van der Waals surface area contributed by atoms with E-state index in [2.05, 4.69) is 10.2 Å². The van der Waals surface area contributed by atoms with Gasteiger partial charge in [0.1, 0.15) is 5.82 Å². The molecule has 1 heterocycles. The van der Waals surface area contributed by atoms with Crippen molar-refractivity contribution in [3.8, 4) is 0 Å². The Kier molecular flexibility index (Phi) is 6.15. The van der Waals surface area contributed by atoms with Crippen LogP contribution in [0.1, 0.15) is 42.5 Å². The lowest BCUT2D eigenvalue weighted by atomic mass is 10.1. The summed E-state index contributed by atoms with van der Waals surface area (Å²) in [5, 5.41) is 3.38. The summed E-state index contributed by atoms with van der Waals surface area (Å²) >= 11 is 0. The molecule has 0 radical (unpaired) electrons. The third kappa shape index (κ3) is 5.02. The minimum Gasteiger partial charge on any atom is -0.304 e. The van der Waals surface area contributed by atoms with E-state index in [1.807, 2.05) is 0 Å². The van der Waals surface area contributed by atoms with Crippen LogP contribution >= 0.6 is 0 Å². The third-order valence-corrected chi connectivity index (χ3v) is 3.71. The molecule has 3 nitrogen and oxygen atoms in total. The highest BCUT2D eigenvalue weighted by atomic mass is 19.1. The zero-order chi connectivity index (χ0) is 14.2. The molecule has 0 spiro atoms. The molecule has 0 saturated carbocycles. The molecule has 1 saturated heterocycles. The van der Waals surface area contributed by atoms with Crippen LogP contribution in [0.2, 0.25) is 0 Å². The summed E-state index contributed by atoms with van der Waals surface area (Å²) in [7, 11) is 0. The molecule has 1 N–H and O–H groups in total. The molecule has 0 aromatic heterocycles. The van der Waals surface area contributed by atoms with Crippen molar-refractivity contribution in [2.45, 2.75) is 32.1 Å². The molecule has 1 aliphatic rings. The lowest BCUT2D eigenvalue weighted by Crippen LogP contribution is -2.38. The number of nitrogens with one attached hydrogen (secondary N) is 1. The maximum Gasteiger partial charge on any atom is 0.162 e. The van der Waals surface area contributed by atoms with Crippen molar-refractivity contribution in [3.63, 3.8) is 0 Å². The Bertz CT molecular complexity index is 413. The number of carbonyl (C=O) groups is 1. The predicted octanol–water partition coefficient (Wildman–Crippen LogP) is 2.82. The first kappa shape index (κ1) is 15.1. The number of rotatable bonds is 7. The van der Waals surface area contributed by atoms with Crippen molar-refractivity contribution in [1.29, 1.82) is 0 Å². The molecule has 0 bridgehead atoms. The Morgan fingerprint density at radius 2 is 1.85 bits per heavy atom. The van der Waals surface area contributed by atoms with Gasteiger partial charge in [-0.25, -0.2) is 4.39 Å². The van der Waals surface area contributed by atoms with E-state index in [-0.39, 0.29) is 11.6 Å². The largest absolute Gasteiger partial charge is 0.304 e. The van der Waals surface area contributed by atoms with Crippen LogP contribution in [-0.2, 0) is 0 Å². The minimum absolute atomic E-state index is 0.0878. The molecule has 1 aromatic carbocycles. The quantitative estimate of drug-likeness (QED) is 0.615. The van der Waals surface area contributed by atoms with Gasteiger partial charge in [-0.3, -0.25) is 9.69 Å². The molecular weight excluding hydrogens is 255 g/mol. The zero-order valence-electron chi connectivity index (χ0n) is 11.9. The van der Waals surface area contributed by atoms with Crippen LogP contribution < -0.4 is 5.32 Å². The first-order valence-electron chi connectivity index (χ1n) is 7.47. The van der Waals surface area contributed by atoms with Crippen molar-refractivity contribution in [2.24, 2.45) is 0 Å². The molecule has 20 heavy (non-hydrogen) atoms. The summed E-state index contributed by atoms with van der Waals surface area (Å²) in [6.07, 6.45) is 5.28. The molecule has 0 atom stereocenters. The lowest BCUT2D eigenvalue weighted by molar-refractivity contribution is 0.0979. The van der Waals surface area contributed by atoms with Gasteiger partial charge in [0.05, 0.1) is 0 Å². The van der Waals surface area contributed by atoms with Gasteiger partial charge in [0, 0.05) is 18.7 Å². The maximum atomic E-state index is 12.8. The van der Waals surface area contributed by atoms with E-state index in [0.29, 0.717) is 12.0 Å². The van der Waals surface area contributed by atoms with Crippen LogP contribution in [0.15, 0.2) is 24.3 Å².